The molecular weight excluding hydrogens is 318 g/mol. The smallest absolute Gasteiger partial charge is 0.146 e. The molecule has 3 heterocycles. The Labute approximate surface area is 136 Å². The van der Waals surface area contributed by atoms with Crippen LogP contribution in [0.15, 0.2) is 29.8 Å². The lowest BCUT2D eigenvalue weighted by molar-refractivity contribution is 0.651. The normalized spacial score (nSPS) is 12.2. The van der Waals surface area contributed by atoms with Gasteiger partial charge in [-0.25, -0.2) is 4.98 Å². The van der Waals surface area contributed by atoms with Gasteiger partial charge in [0.15, 0.2) is 0 Å². The summed E-state index contributed by atoms with van der Waals surface area (Å²) in [5, 5.41) is 6.84. The SMILES string of the molecule is CC(C)Cc1csc2c1ccc1c3ccnc(Cl)c3sc12. The zero-order chi connectivity index (χ0) is 14.6. The van der Waals surface area contributed by atoms with E-state index in [2.05, 4.69) is 42.4 Å². The molecule has 0 amide bonds. The largest absolute Gasteiger partial charge is 0.243 e. The summed E-state index contributed by atoms with van der Waals surface area (Å²) >= 11 is 9.88. The average Bonchev–Trinajstić information content (AvgIpc) is 3.01. The fourth-order valence-electron chi connectivity index (χ4n) is 2.87. The fraction of sp³-hybridized carbons (Fsp3) is 0.235. The Balaban J connectivity index is 2.08. The molecule has 0 bridgehead atoms. The minimum atomic E-state index is 0.612. The zero-order valence-electron chi connectivity index (χ0n) is 11.8. The van der Waals surface area contributed by atoms with E-state index in [0.717, 1.165) is 11.1 Å². The second-order valence-electron chi connectivity index (χ2n) is 5.76. The Hall–Kier alpha value is -1.16. The van der Waals surface area contributed by atoms with Crippen LogP contribution in [0.3, 0.4) is 0 Å². The van der Waals surface area contributed by atoms with E-state index in [-0.39, 0.29) is 0 Å². The van der Waals surface area contributed by atoms with Gasteiger partial charge in [-0.3, -0.25) is 0 Å². The summed E-state index contributed by atoms with van der Waals surface area (Å²) in [4.78, 5) is 4.21. The molecule has 3 aromatic heterocycles. The number of halogens is 1. The van der Waals surface area contributed by atoms with Crippen LogP contribution in [0.2, 0.25) is 5.15 Å². The van der Waals surface area contributed by atoms with Gasteiger partial charge in [-0.15, -0.1) is 22.7 Å². The van der Waals surface area contributed by atoms with Crippen molar-refractivity contribution in [3.63, 3.8) is 0 Å². The highest BCUT2D eigenvalue weighted by Gasteiger charge is 2.14. The van der Waals surface area contributed by atoms with Crippen molar-refractivity contribution in [1.29, 1.82) is 0 Å². The molecule has 0 radical (unpaired) electrons. The van der Waals surface area contributed by atoms with Crippen LogP contribution in [0, 0.1) is 5.92 Å². The molecule has 0 spiro atoms. The summed E-state index contributed by atoms with van der Waals surface area (Å²) in [5.41, 5.74) is 1.47. The molecule has 0 aliphatic carbocycles. The number of aromatic nitrogens is 1. The number of hydrogen-bond donors (Lipinski definition) is 0. The molecule has 1 nitrogen and oxygen atoms in total. The van der Waals surface area contributed by atoms with E-state index in [9.17, 15) is 0 Å². The van der Waals surface area contributed by atoms with Gasteiger partial charge in [-0.1, -0.05) is 37.6 Å². The third-order valence-corrected chi connectivity index (χ3v) is 6.60. The summed E-state index contributed by atoms with van der Waals surface area (Å²) in [7, 11) is 0. The Morgan fingerprint density at radius 1 is 1.05 bits per heavy atom. The molecule has 0 saturated carbocycles. The Morgan fingerprint density at radius 2 is 1.81 bits per heavy atom. The van der Waals surface area contributed by atoms with E-state index < -0.39 is 0 Å². The van der Waals surface area contributed by atoms with Crippen LogP contribution in [0.4, 0.5) is 0 Å². The third kappa shape index (κ3) is 2.07. The number of pyridine rings is 1. The molecular formula is C17H14ClNS2. The number of nitrogens with zero attached hydrogens (tertiary/aromatic N) is 1. The zero-order valence-corrected chi connectivity index (χ0v) is 14.2. The standard InChI is InChI=1S/C17H14ClNS2/c1-9(2)7-10-8-20-14-11(10)3-4-12-13-5-6-19-17(18)16(13)21-15(12)14/h3-6,8-9H,7H2,1-2H3. The number of benzene rings is 1. The number of thiophene rings is 2. The second kappa shape index (κ2) is 4.94. The lowest BCUT2D eigenvalue weighted by Gasteiger charge is -2.03. The van der Waals surface area contributed by atoms with E-state index in [1.165, 1.54) is 31.1 Å². The van der Waals surface area contributed by atoms with Gasteiger partial charge >= 0.3 is 0 Å². The van der Waals surface area contributed by atoms with Gasteiger partial charge in [0.05, 0.1) is 14.1 Å². The molecule has 4 heteroatoms. The molecule has 0 N–H and O–H groups in total. The van der Waals surface area contributed by atoms with Crippen LogP contribution in [0.1, 0.15) is 19.4 Å². The van der Waals surface area contributed by atoms with Crippen molar-refractivity contribution in [2.75, 3.05) is 0 Å². The summed E-state index contributed by atoms with van der Waals surface area (Å²) < 4.78 is 3.83. The van der Waals surface area contributed by atoms with Crippen molar-refractivity contribution in [3.8, 4) is 0 Å². The molecule has 0 unspecified atom stereocenters. The van der Waals surface area contributed by atoms with Crippen LogP contribution < -0.4 is 0 Å². The van der Waals surface area contributed by atoms with E-state index in [1.54, 1.807) is 17.5 Å². The lowest BCUT2D eigenvalue weighted by atomic mass is 10.0. The van der Waals surface area contributed by atoms with Gasteiger partial charge in [0, 0.05) is 17.0 Å². The van der Waals surface area contributed by atoms with Crippen LogP contribution in [-0.4, -0.2) is 4.98 Å². The van der Waals surface area contributed by atoms with E-state index >= 15 is 0 Å². The first-order valence-electron chi connectivity index (χ1n) is 7.01. The number of fused-ring (bicyclic) bond motifs is 5. The van der Waals surface area contributed by atoms with Gasteiger partial charge in [-0.2, -0.15) is 0 Å². The highest BCUT2D eigenvalue weighted by atomic mass is 35.5. The molecule has 0 aliphatic heterocycles. The minimum Gasteiger partial charge on any atom is -0.243 e. The summed E-state index contributed by atoms with van der Waals surface area (Å²) in [6.07, 6.45) is 2.93. The summed E-state index contributed by atoms with van der Waals surface area (Å²) in [6.45, 7) is 4.54. The van der Waals surface area contributed by atoms with Crippen LogP contribution >= 0.6 is 34.3 Å². The first-order valence-corrected chi connectivity index (χ1v) is 9.08. The quantitative estimate of drug-likeness (QED) is 0.381. The Morgan fingerprint density at radius 3 is 2.62 bits per heavy atom. The average molecular weight is 332 g/mol. The van der Waals surface area contributed by atoms with Crippen LogP contribution in [0.25, 0.3) is 30.3 Å². The highest BCUT2D eigenvalue weighted by Crippen LogP contribution is 2.43. The van der Waals surface area contributed by atoms with Crippen molar-refractivity contribution in [2.24, 2.45) is 5.92 Å². The first kappa shape index (κ1) is 13.5. The number of hydrogen-bond acceptors (Lipinski definition) is 3. The first-order chi connectivity index (χ1) is 10.1. The molecule has 0 fully saturated rings. The lowest BCUT2D eigenvalue weighted by Crippen LogP contribution is -1.91. The molecule has 4 aromatic rings. The maximum Gasteiger partial charge on any atom is 0.146 e. The fourth-order valence-corrected chi connectivity index (χ4v) is 5.56. The molecule has 1 aromatic carbocycles. The van der Waals surface area contributed by atoms with Gasteiger partial charge in [0.1, 0.15) is 5.15 Å². The minimum absolute atomic E-state index is 0.612. The maximum absolute atomic E-state index is 6.26. The molecule has 0 aliphatic rings. The summed E-state index contributed by atoms with van der Waals surface area (Å²) in [5.74, 6) is 0.680. The monoisotopic (exact) mass is 331 g/mol. The summed E-state index contributed by atoms with van der Waals surface area (Å²) in [6, 6.07) is 6.57. The number of rotatable bonds is 2. The Kier molecular flexibility index (Phi) is 3.18. The highest BCUT2D eigenvalue weighted by molar-refractivity contribution is 7.31. The third-order valence-electron chi connectivity index (χ3n) is 3.76. The molecule has 0 saturated heterocycles. The van der Waals surface area contributed by atoms with Gasteiger partial charge in [0.2, 0.25) is 0 Å². The van der Waals surface area contributed by atoms with Gasteiger partial charge in [-0.05, 0) is 34.7 Å². The molecule has 21 heavy (non-hydrogen) atoms. The van der Waals surface area contributed by atoms with Crippen molar-refractivity contribution in [2.45, 2.75) is 20.3 Å². The topological polar surface area (TPSA) is 12.9 Å². The molecule has 0 atom stereocenters. The van der Waals surface area contributed by atoms with Crippen molar-refractivity contribution in [1.82, 2.24) is 4.98 Å². The second-order valence-corrected chi connectivity index (χ2v) is 8.02. The van der Waals surface area contributed by atoms with Crippen molar-refractivity contribution >= 4 is 64.5 Å². The van der Waals surface area contributed by atoms with Crippen molar-refractivity contribution < 1.29 is 0 Å². The predicted octanol–water partition coefficient (Wildman–Crippen LogP) is 6.52. The predicted molar refractivity (Wildman–Crippen MR) is 96.1 cm³/mol. The van der Waals surface area contributed by atoms with E-state index in [4.69, 9.17) is 11.6 Å². The van der Waals surface area contributed by atoms with Gasteiger partial charge < -0.3 is 0 Å². The van der Waals surface area contributed by atoms with Crippen molar-refractivity contribution in [3.05, 3.63) is 40.5 Å². The van der Waals surface area contributed by atoms with E-state index in [0.29, 0.717) is 11.1 Å². The van der Waals surface area contributed by atoms with E-state index in [1.807, 2.05) is 11.3 Å². The van der Waals surface area contributed by atoms with Crippen LogP contribution in [0.5, 0.6) is 0 Å². The molecule has 106 valence electrons. The maximum atomic E-state index is 6.26. The molecule has 4 rings (SSSR count). The Bertz CT molecular complexity index is 965. The van der Waals surface area contributed by atoms with Gasteiger partial charge in [0.25, 0.3) is 0 Å². The van der Waals surface area contributed by atoms with Crippen LogP contribution in [-0.2, 0) is 6.42 Å².